The Hall–Kier alpha value is -2.18. The lowest BCUT2D eigenvalue weighted by Gasteiger charge is -2.07. The summed E-state index contributed by atoms with van der Waals surface area (Å²) in [6.07, 6.45) is 1.65. The van der Waals surface area contributed by atoms with Gasteiger partial charge in [0.25, 0.3) is 0 Å². The predicted molar refractivity (Wildman–Crippen MR) is 76.4 cm³/mol. The smallest absolute Gasteiger partial charge is 0.226 e. The molecule has 0 saturated carbocycles. The van der Waals surface area contributed by atoms with E-state index in [1.165, 1.54) is 0 Å². The minimum Gasteiger partial charge on any atom is -0.392 e. The molecule has 7 heteroatoms. The molecule has 0 fully saturated rings. The van der Waals surface area contributed by atoms with Gasteiger partial charge in [-0.1, -0.05) is 24.3 Å². The van der Waals surface area contributed by atoms with E-state index in [4.69, 9.17) is 16.7 Å². The Morgan fingerprint density at radius 1 is 1.25 bits per heavy atom. The van der Waals surface area contributed by atoms with Crippen LogP contribution < -0.4 is 5.32 Å². The summed E-state index contributed by atoms with van der Waals surface area (Å²) < 4.78 is 0. The number of benzene rings is 1. The fourth-order valence-electron chi connectivity index (χ4n) is 1.97. The van der Waals surface area contributed by atoms with Gasteiger partial charge in [0.2, 0.25) is 5.28 Å². The molecule has 1 aromatic carbocycles. The first-order chi connectivity index (χ1) is 9.76. The van der Waals surface area contributed by atoms with E-state index in [2.05, 4.69) is 25.5 Å². The highest BCUT2D eigenvalue weighted by atomic mass is 35.5. The Labute approximate surface area is 119 Å². The highest BCUT2D eigenvalue weighted by molar-refractivity contribution is 6.28. The van der Waals surface area contributed by atoms with Crippen molar-refractivity contribution >= 4 is 28.5 Å². The molecule has 0 amide bonds. The molecule has 0 aliphatic rings. The van der Waals surface area contributed by atoms with Crippen LogP contribution in [-0.2, 0) is 13.2 Å². The topological polar surface area (TPSA) is 86.7 Å². The van der Waals surface area contributed by atoms with E-state index in [0.717, 1.165) is 16.5 Å². The molecular weight excluding hydrogens is 278 g/mol. The molecule has 0 spiro atoms. The van der Waals surface area contributed by atoms with Crippen molar-refractivity contribution in [1.82, 2.24) is 20.2 Å². The van der Waals surface area contributed by atoms with Crippen LogP contribution in [-0.4, -0.2) is 25.3 Å². The van der Waals surface area contributed by atoms with Crippen LogP contribution in [0.15, 0.2) is 30.5 Å². The molecule has 0 aliphatic carbocycles. The van der Waals surface area contributed by atoms with E-state index in [-0.39, 0.29) is 11.9 Å². The number of nitrogens with zero attached hydrogens (tertiary/aromatic N) is 3. The zero-order chi connectivity index (χ0) is 13.9. The molecule has 6 nitrogen and oxygen atoms in total. The molecule has 2 aromatic heterocycles. The van der Waals surface area contributed by atoms with Gasteiger partial charge in [-0.2, -0.15) is 15.1 Å². The van der Waals surface area contributed by atoms with Gasteiger partial charge < -0.3 is 10.4 Å². The largest absolute Gasteiger partial charge is 0.392 e. The molecule has 0 radical (unpaired) electrons. The molecular formula is C13H12ClN5O. The fraction of sp³-hybridized carbons (Fsp3) is 0.154. The Bertz CT molecular complexity index is 742. The number of aromatic amines is 1. The van der Waals surface area contributed by atoms with E-state index < -0.39 is 0 Å². The van der Waals surface area contributed by atoms with E-state index in [1.54, 1.807) is 6.20 Å². The minimum atomic E-state index is 0.0269. The molecule has 102 valence electrons. The maximum absolute atomic E-state index is 9.13. The van der Waals surface area contributed by atoms with Crippen molar-refractivity contribution in [2.24, 2.45) is 0 Å². The molecule has 0 bridgehead atoms. The molecule has 0 unspecified atom stereocenters. The third-order valence-corrected chi connectivity index (χ3v) is 3.09. The molecule has 0 saturated heterocycles. The standard InChI is InChI=1S/C13H12ClN5O/c14-13-17-11(10-6-16-19-12(10)18-13)15-5-8-2-1-3-9(4-8)7-20/h1-4,6,20H,5,7H2,(H2,15,16,17,18,19). The number of hydrogen-bond acceptors (Lipinski definition) is 5. The lowest BCUT2D eigenvalue weighted by Crippen LogP contribution is -2.03. The second-order valence-corrected chi connectivity index (χ2v) is 4.64. The van der Waals surface area contributed by atoms with Crippen LogP contribution in [0.3, 0.4) is 0 Å². The van der Waals surface area contributed by atoms with Crippen LogP contribution in [0.25, 0.3) is 11.0 Å². The summed E-state index contributed by atoms with van der Waals surface area (Å²) in [5.41, 5.74) is 2.51. The maximum atomic E-state index is 9.13. The normalized spacial score (nSPS) is 10.9. The summed E-state index contributed by atoms with van der Waals surface area (Å²) in [7, 11) is 0. The van der Waals surface area contributed by atoms with Crippen molar-refractivity contribution < 1.29 is 5.11 Å². The number of aliphatic hydroxyl groups excluding tert-OH is 1. The monoisotopic (exact) mass is 289 g/mol. The predicted octanol–water partition coefficient (Wildman–Crippen LogP) is 2.11. The summed E-state index contributed by atoms with van der Waals surface area (Å²) in [4.78, 5) is 8.21. The Kier molecular flexibility index (Phi) is 3.49. The van der Waals surface area contributed by atoms with Crippen LogP contribution in [0.4, 0.5) is 5.82 Å². The number of aromatic nitrogens is 4. The number of rotatable bonds is 4. The average molecular weight is 290 g/mol. The van der Waals surface area contributed by atoms with Gasteiger partial charge in [0.05, 0.1) is 18.2 Å². The number of fused-ring (bicyclic) bond motifs is 1. The SMILES string of the molecule is OCc1cccc(CNc2nc(Cl)nc3[nH]ncc23)c1. The van der Waals surface area contributed by atoms with Crippen molar-refractivity contribution in [3.05, 3.63) is 46.9 Å². The van der Waals surface area contributed by atoms with Gasteiger partial charge in [-0.05, 0) is 22.7 Å². The molecule has 20 heavy (non-hydrogen) atoms. The summed E-state index contributed by atoms with van der Waals surface area (Å²) >= 11 is 5.87. The number of anilines is 1. The fourth-order valence-corrected chi connectivity index (χ4v) is 2.14. The van der Waals surface area contributed by atoms with E-state index in [9.17, 15) is 0 Å². The third-order valence-electron chi connectivity index (χ3n) is 2.92. The summed E-state index contributed by atoms with van der Waals surface area (Å²) in [5, 5.41) is 20.0. The van der Waals surface area contributed by atoms with Gasteiger partial charge in [-0.15, -0.1) is 0 Å². The Morgan fingerprint density at radius 2 is 2.10 bits per heavy atom. The quantitative estimate of drug-likeness (QED) is 0.640. The first-order valence-corrected chi connectivity index (χ1v) is 6.43. The van der Waals surface area contributed by atoms with Gasteiger partial charge in [-0.3, -0.25) is 5.10 Å². The van der Waals surface area contributed by atoms with Crippen molar-refractivity contribution in [2.45, 2.75) is 13.2 Å². The number of hydrogen-bond donors (Lipinski definition) is 3. The first kappa shape index (κ1) is 12.8. The van der Waals surface area contributed by atoms with Gasteiger partial charge in [-0.25, -0.2) is 0 Å². The zero-order valence-electron chi connectivity index (χ0n) is 10.5. The van der Waals surface area contributed by atoms with Gasteiger partial charge in [0, 0.05) is 6.54 Å². The van der Waals surface area contributed by atoms with Crippen molar-refractivity contribution in [3.63, 3.8) is 0 Å². The third kappa shape index (κ3) is 2.56. The van der Waals surface area contributed by atoms with Crippen LogP contribution in [0.1, 0.15) is 11.1 Å². The van der Waals surface area contributed by atoms with Crippen molar-refractivity contribution in [1.29, 1.82) is 0 Å². The van der Waals surface area contributed by atoms with Gasteiger partial charge >= 0.3 is 0 Å². The Balaban J connectivity index is 1.84. The maximum Gasteiger partial charge on any atom is 0.226 e. The second-order valence-electron chi connectivity index (χ2n) is 4.31. The summed E-state index contributed by atoms with van der Waals surface area (Å²) in [5.74, 6) is 0.628. The number of nitrogens with one attached hydrogen (secondary N) is 2. The lowest BCUT2D eigenvalue weighted by atomic mass is 10.1. The Morgan fingerprint density at radius 3 is 2.95 bits per heavy atom. The van der Waals surface area contributed by atoms with Crippen molar-refractivity contribution in [3.8, 4) is 0 Å². The summed E-state index contributed by atoms with van der Waals surface area (Å²) in [6, 6.07) is 7.69. The minimum absolute atomic E-state index is 0.0269. The average Bonchev–Trinajstić information content (AvgIpc) is 2.93. The highest BCUT2D eigenvalue weighted by Crippen LogP contribution is 2.20. The summed E-state index contributed by atoms with van der Waals surface area (Å²) in [6.45, 7) is 0.598. The molecule has 3 N–H and O–H groups in total. The van der Waals surface area contributed by atoms with Gasteiger partial charge in [0.15, 0.2) is 5.65 Å². The number of halogens is 1. The van der Waals surface area contributed by atoms with E-state index >= 15 is 0 Å². The first-order valence-electron chi connectivity index (χ1n) is 6.05. The molecule has 2 heterocycles. The van der Waals surface area contributed by atoms with Crippen LogP contribution in [0.2, 0.25) is 5.28 Å². The number of aliphatic hydroxyl groups is 1. The molecule has 3 aromatic rings. The molecule has 0 atom stereocenters. The molecule has 3 rings (SSSR count). The van der Waals surface area contributed by atoms with E-state index in [0.29, 0.717) is 18.0 Å². The highest BCUT2D eigenvalue weighted by Gasteiger charge is 2.08. The number of H-pyrrole nitrogens is 1. The van der Waals surface area contributed by atoms with Crippen LogP contribution in [0, 0.1) is 0 Å². The van der Waals surface area contributed by atoms with Crippen molar-refractivity contribution in [2.75, 3.05) is 5.32 Å². The van der Waals surface area contributed by atoms with Crippen LogP contribution in [0.5, 0.6) is 0 Å². The van der Waals surface area contributed by atoms with Crippen LogP contribution >= 0.6 is 11.6 Å². The lowest BCUT2D eigenvalue weighted by molar-refractivity contribution is 0.281. The second kappa shape index (κ2) is 5.44. The zero-order valence-corrected chi connectivity index (χ0v) is 11.2. The van der Waals surface area contributed by atoms with Gasteiger partial charge in [0.1, 0.15) is 5.82 Å². The van der Waals surface area contributed by atoms with E-state index in [1.807, 2.05) is 24.3 Å². The molecule has 0 aliphatic heterocycles.